The number of carbonyl (C=O) groups excluding carboxylic acids is 2. The molecule has 5 fully saturated rings. The van der Waals surface area contributed by atoms with E-state index in [1.54, 1.807) is 18.2 Å². The first-order valence-corrected chi connectivity index (χ1v) is 15.1. The van der Waals surface area contributed by atoms with Gasteiger partial charge in [0, 0.05) is 37.1 Å². The van der Waals surface area contributed by atoms with Gasteiger partial charge >= 0.3 is 0 Å². The Morgan fingerprint density at radius 2 is 1.50 bits per heavy atom. The molecule has 3 heterocycles. The van der Waals surface area contributed by atoms with Crippen molar-refractivity contribution in [2.75, 3.05) is 6.61 Å². The zero-order valence-corrected chi connectivity index (χ0v) is 23.8. The van der Waals surface area contributed by atoms with Gasteiger partial charge in [-0.05, 0) is 50.3 Å². The molecule has 40 heavy (non-hydrogen) atoms. The molecule has 3 aliphatic heterocycles. The summed E-state index contributed by atoms with van der Waals surface area (Å²) in [7, 11) is 0. The van der Waals surface area contributed by atoms with Crippen molar-refractivity contribution in [3.63, 3.8) is 0 Å². The van der Waals surface area contributed by atoms with Gasteiger partial charge in [0.2, 0.25) is 5.91 Å². The van der Waals surface area contributed by atoms with Crippen molar-refractivity contribution in [1.29, 1.82) is 0 Å². The number of amides is 2. The molecule has 3 saturated heterocycles. The van der Waals surface area contributed by atoms with Gasteiger partial charge in [-0.3, -0.25) is 20.4 Å². The summed E-state index contributed by atoms with van der Waals surface area (Å²) in [5.74, 6) is -1.84. The molecule has 2 saturated carbocycles. The van der Waals surface area contributed by atoms with Crippen molar-refractivity contribution in [3.05, 3.63) is 28.2 Å². The number of hydrazine groups is 1. The van der Waals surface area contributed by atoms with Gasteiger partial charge < -0.3 is 28.4 Å². The zero-order valence-electron chi connectivity index (χ0n) is 22.3. The van der Waals surface area contributed by atoms with Crippen LogP contribution in [0.4, 0.5) is 0 Å². The topological polar surface area (TPSA) is 114 Å². The normalized spacial score (nSPS) is 31.9. The van der Waals surface area contributed by atoms with Crippen molar-refractivity contribution in [2.24, 2.45) is 0 Å². The third-order valence-corrected chi connectivity index (χ3v) is 8.92. The Morgan fingerprint density at radius 3 is 2.20 bits per heavy atom. The second-order valence-electron chi connectivity index (χ2n) is 11.3. The molecule has 12 heteroatoms. The molecule has 1 aromatic carbocycles. The summed E-state index contributed by atoms with van der Waals surface area (Å²) < 4.78 is 37.6. The van der Waals surface area contributed by atoms with Gasteiger partial charge in [0.15, 0.2) is 24.0 Å². The largest absolute Gasteiger partial charge is 0.492 e. The van der Waals surface area contributed by atoms with Crippen molar-refractivity contribution < 1.29 is 38.0 Å². The molecule has 0 bridgehead atoms. The Morgan fingerprint density at radius 1 is 0.850 bits per heavy atom. The standard InChI is InChI=1S/C28H36Cl2N2O8/c29-17-9-10-19(18(30)16-17)35-15-7-8-20(33)31-32-25(34)23-21-22(38-27(37-21)11-3-1-4-12-27)24-26(36-23)40-28(39-24)13-5-2-6-14-28/h9-10,16,21-24,26H,1-8,11-15H2,(H,31,33)(H,32,34). The van der Waals surface area contributed by atoms with Crippen LogP contribution < -0.4 is 15.6 Å². The predicted molar refractivity (Wildman–Crippen MR) is 143 cm³/mol. The highest BCUT2D eigenvalue weighted by Gasteiger charge is 2.65. The van der Waals surface area contributed by atoms with Crippen LogP contribution in [0.5, 0.6) is 5.75 Å². The molecular weight excluding hydrogens is 563 g/mol. The van der Waals surface area contributed by atoms with Crippen LogP contribution in [0.25, 0.3) is 0 Å². The van der Waals surface area contributed by atoms with Crippen LogP contribution in [0, 0.1) is 0 Å². The van der Waals surface area contributed by atoms with E-state index in [1.807, 2.05) is 0 Å². The molecule has 10 nitrogen and oxygen atoms in total. The number of hydrogen-bond donors (Lipinski definition) is 2. The lowest BCUT2D eigenvalue weighted by atomic mass is 9.94. The fourth-order valence-electron chi connectivity index (χ4n) is 6.44. The van der Waals surface area contributed by atoms with E-state index in [2.05, 4.69) is 10.9 Å². The van der Waals surface area contributed by atoms with Gasteiger partial charge in [-0.25, -0.2) is 0 Å². The lowest BCUT2D eigenvalue weighted by Gasteiger charge is -2.36. The lowest BCUT2D eigenvalue weighted by molar-refractivity contribution is -0.247. The van der Waals surface area contributed by atoms with Crippen molar-refractivity contribution >= 4 is 35.0 Å². The molecular formula is C28H36Cl2N2O8. The van der Waals surface area contributed by atoms with Crippen LogP contribution in [0.3, 0.4) is 0 Å². The van der Waals surface area contributed by atoms with Crippen molar-refractivity contribution in [1.82, 2.24) is 10.9 Å². The van der Waals surface area contributed by atoms with E-state index in [0.717, 1.165) is 64.2 Å². The van der Waals surface area contributed by atoms with Gasteiger partial charge in [0.05, 0.1) is 11.6 Å². The Hall–Kier alpha value is -1.66. The number of benzene rings is 1. The minimum absolute atomic E-state index is 0.135. The molecule has 5 atom stereocenters. The molecule has 2 spiro atoms. The Balaban J connectivity index is 1.05. The molecule has 6 rings (SSSR count). The summed E-state index contributed by atoms with van der Waals surface area (Å²) in [6, 6.07) is 4.94. The fourth-order valence-corrected chi connectivity index (χ4v) is 6.90. The minimum Gasteiger partial charge on any atom is -0.492 e. The van der Waals surface area contributed by atoms with Crippen LogP contribution >= 0.6 is 23.2 Å². The zero-order chi connectivity index (χ0) is 27.7. The smallest absolute Gasteiger partial charge is 0.270 e. The molecule has 2 amide bonds. The Labute approximate surface area is 243 Å². The number of halogens is 2. The van der Waals surface area contributed by atoms with Gasteiger partial charge in [0.25, 0.3) is 5.91 Å². The van der Waals surface area contributed by atoms with Crippen LogP contribution in [0.1, 0.15) is 77.0 Å². The molecule has 5 unspecified atom stereocenters. The molecule has 1 aromatic rings. The summed E-state index contributed by atoms with van der Waals surface area (Å²) in [4.78, 5) is 25.8. The van der Waals surface area contributed by atoms with Gasteiger partial charge in [-0.2, -0.15) is 0 Å². The van der Waals surface area contributed by atoms with Gasteiger partial charge in [0.1, 0.15) is 24.1 Å². The van der Waals surface area contributed by atoms with E-state index in [4.69, 9.17) is 51.6 Å². The summed E-state index contributed by atoms with van der Waals surface area (Å²) in [5.41, 5.74) is 4.99. The fraction of sp³-hybridized carbons (Fsp3) is 0.714. The quantitative estimate of drug-likeness (QED) is 0.362. The van der Waals surface area contributed by atoms with E-state index in [1.165, 1.54) is 0 Å². The van der Waals surface area contributed by atoms with E-state index >= 15 is 0 Å². The van der Waals surface area contributed by atoms with E-state index in [9.17, 15) is 9.59 Å². The average molecular weight is 600 g/mol. The maximum atomic E-state index is 13.3. The average Bonchev–Trinajstić information content (AvgIpc) is 3.48. The van der Waals surface area contributed by atoms with Crippen LogP contribution in [0.2, 0.25) is 10.0 Å². The summed E-state index contributed by atoms with van der Waals surface area (Å²) in [6.45, 7) is 0.271. The van der Waals surface area contributed by atoms with E-state index in [-0.39, 0.29) is 18.9 Å². The maximum Gasteiger partial charge on any atom is 0.270 e. The first-order chi connectivity index (χ1) is 19.4. The highest BCUT2D eigenvalue weighted by atomic mass is 35.5. The molecule has 0 aromatic heterocycles. The SMILES string of the molecule is O=C(CCCOc1ccc(Cl)cc1Cl)NNC(=O)C1OC2OC3(CCCCC3)OC2C2OC3(CCCCC3)OC12. The van der Waals surface area contributed by atoms with E-state index in [0.29, 0.717) is 22.2 Å². The number of rotatable bonds is 6. The molecule has 220 valence electrons. The molecule has 5 aliphatic rings. The maximum absolute atomic E-state index is 13.3. The van der Waals surface area contributed by atoms with Gasteiger partial charge in [-0.1, -0.05) is 36.0 Å². The van der Waals surface area contributed by atoms with Crippen molar-refractivity contribution in [3.8, 4) is 5.75 Å². The van der Waals surface area contributed by atoms with Crippen molar-refractivity contribution in [2.45, 2.75) is 119 Å². The minimum atomic E-state index is -1.02. The van der Waals surface area contributed by atoms with Crippen LogP contribution in [-0.4, -0.2) is 60.7 Å². The summed E-state index contributed by atoms with van der Waals surface area (Å²) >= 11 is 12.0. The van der Waals surface area contributed by atoms with Gasteiger partial charge in [-0.15, -0.1) is 0 Å². The first kappa shape index (κ1) is 28.5. The number of fused-ring (bicyclic) bond motifs is 3. The number of carbonyl (C=O) groups is 2. The monoisotopic (exact) mass is 598 g/mol. The molecule has 2 N–H and O–H groups in total. The molecule has 0 radical (unpaired) electrons. The highest BCUT2D eigenvalue weighted by molar-refractivity contribution is 6.35. The highest BCUT2D eigenvalue weighted by Crippen LogP contribution is 2.50. The number of ether oxygens (including phenoxy) is 6. The second-order valence-corrected chi connectivity index (χ2v) is 12.1. The third kappa shape index (κ3) is 5.95. The first-order valence-electron chi connectivity index (χ1n) is 14.4. The second kappa shape index (κ2) is 11.9. The summed E-state index contributed by atoms with van der Waals surface area (Å²) in [6.07, 6.45) is 6.53. The molecule has 2 aliphatic carbocycles. The number of hydrogen-bond acceptors (Lipinski definition) is 8. The van der Waals surface area contributed by atoms with Crippen LogP contribution in [0.15, 0.2) is 18.2 Å². The lowest BCUT2D eigenvalue weighted by Crippen LogP contribution is -2.61. The van der Waals surface area contributed by atoms with E-state index < -0.39 is 48.2 Å². The Bertz CT molecular complexity index is 1090. The summed E-state index contributed by atoms with van der Waals surface area (Å²) in [5, 5.41) is 0.914. The van der Waals surface area contributed by atoms with Crippen LogP contribution in [-0.2, 0) is 33.3 Å². The predicted octanol–water partition coefficient (Wildman–Crippen LogP) is 4.54. The third-order valence-electron chi connectivity index (χ3n) is 8.39. The Kier molecular flexibility index (Phi) is 8.48. The number of nitrogens with one attached hydrogen (secondary N) is 2.